The van der Waals surface area contributed by atoms with Crippen LogP contribution in [0.5, 0.6) is 0 Å². The fraction of sp³-hybridized carbons (Fsp3) is 0.467. The van der Waals surface area contributed by atoms with Gasteiger partial charge in [-0.1, -0.05) is 43.7 Å². The highest BCUT2D eigenvalue weighted by Crippen LogP contribution is 2.16. The van der Waals surface area contributed by atoms with Gasteiger partial charge in [-0.25, -0.2) is 0 Å². The molecular formula is C15H21ClN2O. The summed E-state index contributed by atoms with van der Waals surface area (Å²) < 4.78 is 0. The second-order valence-electron chi connectivity index (χ2n) is 4.62. The highest BCUT2D eigenvalue weighted by atomic mass is 35.5. The van der Waals surface area contributed by atoms with E-state index >= 15 is 0 Å². The molecule has 0 radical (unpaired) electrons. The molecule has 1 unspecified atom stereocenters. The molecule has 1 heterocycles. The Hall–Kier alpha value is -1.35. The molecule has 0 amide bonds. The number of ketones is 1. The van der Waals surface area contributed by atoms with Gasteiger partial charge in [0.2, 0.25) is 0 Å². The lowest BCUT2D eigenvalue weighted by Gasteiger charge is -2.22. The lowest BCUT2D eigenvalue weighted by Crippen LogP contribution is -2.39. The van der Waals surface area contributed by atoms with E-state index in [2.05, 4.69) is 17.2 Å². The smallest absolute Gasteiger partial charge is 0.173 e. The van der Waals surface area contributed by atoms with Crippen LogP contribution in [0.4, 0.5) is 0 Å². The fourth-order valence-electron chi connectivity index (χ4n) is 2.27. The molecule has 1 aromatic carbocycles. The zero-order chi connectivity index (χ0) is 12.8. The normalized spacial score (nSPS) is 15.7. The fourth-order valence-corrected chi connectivity index (χ4v) is 2.27. The van der Waals surface area contributed by atoms with Gasteiger partial charge >= 0.3 is 0 Å². The van der Waals surface area contributed by atoms with Crippen molar-refractivity contribution in [3.05, 3.63) is 35.9 Å². The monoisotopic (exact) mass is 280 g/mol. The molecule has 0 spiro atoms. The van der Waals surface area contributed by atoms with Gasteiger partial charge in [0.05, 0.1) is 5.92 Å². The van der Waals surface area contributed by atoms with Gasteiger partial charge in [-0.15, -0.1) is 12.4 Å². The maximum Gasteiger partial charge on any atom is 0.173 e. The molecule has 19 heavy (non-hydrogen) atoms. The van der Waals surface area contributed by atoms with Crippen LogP contribution in [0.3, 0.4) is 0 Å². The van der Waals surface area contributed by atoms with E-state index in [4.69, 9.17) is 0 Å². The van der Waals surface area contributed by atoms with Crippen molar-refractivity contribution in [2.24, 2.45) is 10.9 Å². The van der Waals surface area contributed by atoms with Crippen LogP contribution < -0.4 is 5.32 Å². The van der Waals surface area contributed by atoms with Gasteiger partial charge in [0.1, 0.15) is 5.84 Å². The van der Waals surface area contributed by atoms with Gasteiger partial charge in [0, 0.05) is 18.7 Å². The number of hydrogen-bond acceptors (Lipinski definition) is 3. The Morgan fingerprint density at radius 3 is 2.68 bits per heavy atom. The van der Waals surface area contributed by atoms with Crippen LogP contribution in [0.1, 0.15) is 36.5 Å². The molecule has 1 aliphatic heterocycles. The number of hydrogen-bond donors (Lipinski definition) is 1. The predicted molar refractivity (Wildman–Crippen MR) is 81.3 cm³/mol. The van der Waals surface area contributed by atoms with Crippen molar-refractivity contribution in [3.63, 3.8) is 0 Å². The molecule has 104 valence electrons. The standard InChI is InChI=1S/C15H20N2O.ClH/c1-2-7-13(15-16-10-6-11-17-15)14(18)12-8-4-3-5-9-12;/h3-5,8-9,13H,2,6-7,10-11H2,1H3,(H,16,17);1H. The largest absolute Gasteiger partial charge is 0.373 e. The van der Waals surface area contributed by atoms with Crippen molar-refractivity contribution < 1.29 is 4.79 Å². The Bertz CT molecular complexity index is 431. The van der Waals surface area contributed by atoms with E-state index < -0.39 is 0 Å². The Balaban J connectivity index is 0.00000180. The van der Waals surface area contributed by atoms with Crippen LogP contribution in [-0.2, 0) is 0 Å². The van der Waals surface area contributed by atoms with E-state index in [0.29, 0.717) is 0 Å². The van der Waals surface area contributed by atoms with E-state index in [1.54, 1.807) is 0 Å². The molecule has 0 bridgehead atoms. The molecule has 3 nitrogen and oxygen atoms in total. The average molecular weight is 281 g/mol. The van der Waals surface area contributed by atoms with Crippen LogP contribution in [0.25, 0.3) is 0 Å². The summed E-state index contributed by atoms with van der Waals surface area (Å²) in [6.45, 7) is 3.88. The third-order valence-corrected chi connectivity index (χ3v) is 3.21. The van der Waals surface area contributed by atoms with Crippen molar-refractivity contribution in [1.82, 2.24) is 5.32 Å². The summed E-state index contributed by atoms with van der Waals surface area (Å²) in [5, 5.41) is 3.28. The lowest BCUT2D eigenvalue weighted by molar-refractivity contribution is 0.0947. The first-order valence-corrected chi connectivity index (χ1v) is 6.70. The number of amidine groups is 1. The summed E-state index contributed by atoms with van der Waals surface area (Å²) in [5.41, 5.74) is 0.783. The van der Waals surface area contributed by atoms with Crippen LogP contribution in [0, 0.1) is 5.92 Å². The molecule has 0 fully saturated rings. The molecule has 1 atom stereocenters. The van der Waals surface area contributed by atoms with Crippen molar-refractivity contribution in [1.29, 1.82) is 0 Å². The van der Waals surface area contributed by atoms with Crippen molar-refractivity contribution in [3.8, 4) is 0 Å². The molecule has 1 aliphatic rings. The zero-order valence-corrected chi connectivity index (χ0v) is 12.1. The quantitative estimate of drug-likeness (QED) is 0.842. The third-order valence-electron chi connectivity index (χ3n) is 3.21. The highest BCUT2D eigenvalue weighted by Gasteiger charge is 2.25. The van der Waals surface area contributed by atoms with Crippen molar-refractivity contribution >= 4 is 24.0 Å². The van der Waals surface area contributed by atoms with Crippen LogP contribution in [-0.4, -0.2) is 24.7 Å². The Kier molecular flexibility index (Phi) is 6.57. The van der Waals surface area contributed by atoms with Crippen LogP contribution >= 0.6 is 12.4 Å². The van der Waals surface area contributed by atoms with E-state index in [-0.39, 0.29) is 24.1 Å². The van der Waals surface area contributed by atoms with Crippen molar-refractivity contribution in [2.45, 2.75) is 26.2 Å². The van der Waals surface area contributed by atoms with E-state index in [1.165, 1.54) is 0 Å². The number of aliphatic imine (C=N–C) groups is 1. The van der Waals surface area contributed by atoms with Crippen molar-refractivity contribution in [2.75, 3.05) is 13.1 Å². The highest BCUT2D eigenvalue weighted by molar-refractivity contribution is 6.11. The number of nitrogens with zero attached hydrogens (tertiary/aromatic N) is 1. The third kappa shape index (κ3) is 4.06. The summed E-state index contributed by atoms with van der Waals surface area (Å²) in [5.74, 6) is 0.972. The number of nitrogens with one attached hydrogen (secondary N) is 1. The maximum absolute atomic E-state index is 12.5. The topological polar surface area (TPSA) is 41.5 Å². The second kappa shape index (κ2) is 7.95. The Morgan fingerprint density at radius 1 is 1.37 bits per heavy atom. The first-order valence-electron chi connectivity index (χ1n) is 6.70. The summed E-state index contributed by atoms with van der Waals surface area (Å²) in [4.78, 5) is 17.0. The van der Waals surface area contributed by atoms with E-state index in [0.717, 1.165) is 43.8 Å². The van der Waals surface area contributed by atoms with Crippen LogP contribution in [0.2, 0.25) is 0 Å². The van der Waals surface area contributed by atoms with E-state index in [1.807, 2.05) is 30.3 Å². The molecule has 2 rings (SSSR count). The van der Waals surface area contributed by atoms with Gasteiger partial charge in [0.15, 0.2) is 5.78 Å². The molecule has 4 heteroatoms. The average Bonchev–Trinajstić information content (AvgIpc) is 2.46. The molecular weight excluding hydrogens is 260 g/mol. The molecule has 0 aliphatic carbocycles. The molecule has 0 aromatic heterocycles. The molecule has 0 saturated heterocycles. The zero-order valence-electron chi connectivity index (χ0n) is 11.3. The lowest BCUT2D eigenvalue weighted by atomic mass is 9.92. The Labute approximate surface area is 120 Å². The first kappa shape index (κ1) is 15.7. The Morgan fingerprint density at radius 2 is 2.11 bits per heavy atom. The van der Waals surface area contributed by atoms with Gasteiger partial charge in [-0.2, -0.15) is 0 Å². The number of Topliss-reactive ketones (excluding diaryl/α,β-unsaturated/α-hetero) is 1. The summed E-state index contributed by atoms with van der Waals surface area (Å²) >= 11 is 0. The minimum atomic E-state index is -0.0994. The number of rotatable bonds is 5. The van der Waals surface area contributed by atoms with Gasteiger partial charge in [-0.3, -0.25) is 9.79 Å². The summed E-state index contributed by atoms with van der Waals surface area (Å²) in [6.07, 6.45) is 2.91. The van der Waals surface area contributed by atoms with E-state index in [9.17, 15) is 4.79 Å². The van der Waals surface area contributed by atoms with Gasteiger partial charge < -0.3 is 5.32 Å². The second-order valence-corrected chi connectivity index (χ2v) is 4.62. The SMILES string of the molecule is CCCC(C(=O)c1ccccc1)C1=NCCCN1.Cl. The number of carbonyl (C=O) groups excluding carboxylic acids is 1. The van der Waals surface area contributed by atoms with Gasteiger partial charge in [0.25, 0.3) is 0 Å². The first-order chi connectivity index (χ1) is 8.83. The number of benzene rings is 1. The number of halogens is 1. The molecule has 1 N–H and O–H groups in total. The predicted octanol–water partition coefficient (Wildman–Crippen LogP) is 3.10. The maximum atomic E-state index is 12.5. The summed E-state index contributed by atoms with van der Waals surface area (Å²) in [6, 6.07) is 9.52. The minimum absolute atomic E-state index is 0. The summed E-state index contributed by atoms with van der Waals surface area (Å²) in [7, 11) is 0. The number of carbonyl (C=O) groups is 1. The molecule has 1 aromatic rings. The minimum Gasteiger partial charge on any atom is -0.373 e. The van der Waals surface area contributed by atoms with Crippen LogP contribution in [0.15, 0.2) is 35.3 Å². The molecule has 0 saturated carbocycles. The van der Waals surface area contributed by atoms with Gasteiger partial charge in [-0.05, 0) is 12.8 Å².